The number of carbonyl (C=O) groups excluding carboxylic acids is 12. The number of aliphatic hydroxyl groups excluding tert-OH is 3. The molecule has 10 atom stereocenters. The van der Waals surface area contributed by atoms with Crippen LogP contribution >= 0.6 is 0 Å². The molecule has 38 heteroatoms. The number of guanidine groups is 2. The van der Waals surface area contributed by atoms with Crippen LogP contribution in [0.4, 0.5) is 0 Å². The Morgan fingerprint density at radius 3 is 1.22 bits per heavy atom. The Labute approximate surface area is 517 Å². The van der Waals surface area contributed by atoms with E-state index in [1.807, 2.05) is 0 Å². The lowest BCUT2D eigenvalue weighted by atomic mass is 10.0. The van der Waals surface area contributed by atoms with E-state index < -0.39 is 196 Å². The number of amides is 12. The van der Waals surface area contributed by atoms with Gasteiger partial charge in [-0.05, 0) is 56.8 Å². The molecule has 0 saturated carbocycles. The molecular formula is C52H89N19O19. The van der Waals surface area contributed by atoms with E-state index in [1.54, 1.807) is 27.7 Å². The molecule has 0 aromatic carbocycles. The van der Waals surface area contributed by atoms with E-state index in [4.69, 9.17) is 33.8 Å². The maximum atomic E-state index is 13.9. The molecule has 2 heterocycles. The Bertz CT molecular complexity index is 2600. The lowest BCUT2D eigenvalue weighted by molar-refractivity contribution is -0.143. The zero-order valence-electron chi connectivity index (χ0n) is 50.7. The van der Waals surface area contributed by atoms with Crippen molar-refractivity contribution in [2.24, 2.45) is 50.5 Å². The van der Waals surface area contributed by atoms with Crippen molar-refractivity contribution in [2.45, 2.75) is 152 Å². The van der Waals surface area contributed by atoms with Crippen LogP contribution in [0.1, 0.15) is 91.9 Å². The van der Waals surface area contributed by atoms with Gasteiger partial charge in [-0.25, -0.2) is 0 Å². The van der Waals surface area contributed by atoms with Gasteiger partial charge in [0.2, 0.25) is 70.9 Å². The third kappa shape index (κ3) is 28.4. The van der Waals surface area contributed by atoms with Crippen LogP contribution in [-0.4, -0.2) is 256 Å². The van der Waals surface area contributed by atoms with Crippen molar-refractivity contribution in [3.8, 4) is 0 Å². The second-order valence-corrected chi connectivity index (χ2v) is 22.1. The van der Waals surface area contributed by atoms with Gasteiger partial charge in [-0.1, -0.05) is 27.7 Å². The topological polar surface area (TPSA) is 622 Å². The first-order valence-electron chi connectivity index (χ1n) is 29.0. The Hall–Kier alpha value is -9.04. The molecule has 0 aromatic rings. The van der Waals surface area contributed by atoms with Gasteiger partial charge in [0.05, 0.1) is 45.0 Å². The van der Waals surface area contributed by atoms with Crippen LogP contribution in [-0.2, 0) is 67.1 Å². The lowest BCUT2D eigenvalue weighted by Crippen LogP contribution is -2.58. The van der Waals surface area contributed by atoms with Gasteiger partial charge in [-0.2, -0.15) is 0 Å². The summed E-state index contributed by atoms with van der Waals surface area (Å²) in [7, 11) is 0. The number of likely N-dealkylation sites (tertiary alicyclic amines) is 2. The first-order chi connectivity index (χ1) is 42.3. The molecule has 0 bridgehead atoms. The fourth-order valence-electron chi connectivity index (χ4n) is 9.35. The zero-order chi connectivity index (χ0) is 67.9. The van der Waals surface area contributed by atoms with Crippen LogP contribution in [0, 0.1) is 11.8 Å². The number of aliphatic hydroxyl groups is 3. The summed E-state index contributed by atoms with van der Waals surface area (Å²) in [4.78, 5) is 193. The van der Waals surface area contributed by atoms with E-state index in [0.717, 1.165) is 9.80 Å². The molecular weight excluding hydrogens is 1190 g/mol. The van der Waals surface area contributed by atoms with Crippen molar-refractivity contribution in [3.05, 3.63) is 0 Å². The van der Waals surface area contributed by atoms with Gasteiger partial charge in [0.1, 0.15) is 54.9 Å². The summed E-state index contributed by atoms with van der Waals surface area (Å²) >= 11 is 0. The molecule has 2 saturated heterocycles. The van der Waals surface area contributed by atoms with Gasteiger partial charge < -0.3 is 117 Å². The first-order valence-corrected chi connectivity index (χ1v) is 29.0. The van der Waals surface area contributed by atoms with E-state index in [0.29, 0.717) is 0 Å². The van der Waals surface area contributed by atoms with Gasteiger partial charge in [0, 0.05) is 45.4 Å². The maximum absolute atomic E-state index is 13.9. The molecule has 2 fully saturated rings. The number of rotatable bonds is 39. The van der Waals surface area contributed by atoms with E-state index >= 15 is 0 Å². The third-order valence-electron chi connectivity index (χ3n) is 13.6. The van der Waals surface area contributed by atoms with Gasteiger partial charge in [0.15, 0.2) is 11.9 Å². The number of β-amino-alcohol motifs (C(OH)–C–C–N with tert-alkyl or cyclic N) is 2. The van der Waals surface area contributed by atoms with Crippen LogP contribution in [0.3, 0.4) is 0 Å². The van der Waals surface area contributed by atoms with Crippen molar-refractivity contribution < 1.29 is 92.7 Å². The highest BCUT2D eigenvalue weighted by Gasteiger charge is 2.43. The molecule has 2 aliphatic heterocycles. The maximum Gasteiger partial charge on any atom is 0.322 e. The predicted octanol–water partition coefficient (Wildman–Crippen LogP) is -10.6. The summed E-state index contributed by atoms with van der Waals surface area (Å²) in [5.74, 6) is -14.8. The number of nitrogens with one attached hydrogen (secondary N) is 10. The fraction of sp³-hybridized carbons (Fsp3) is 0.692. The SMILES string of the molecule is CC(C)C[C@H](NC(=O)CN)C(=O)N1C[C@H](O)C[C@H]1C(=O)NCC(=O)N[C@@H](CO)C(=O)N[C@@H](CCCN=C(N)N)C(=O)NCC(=O)N[C@@H](CCC(=O)O)C(=O)N[C@@H](CCCN=C(N)N)C(=O)NCC(=O)N[C@@H](CC(C)C)C(=O)N1C[C@H](O)C[C@H]1C(=O)NCC(=O)O. The average Bonchev–Trinajstić information content (AvgIpc) is 2.11. The number of carboxylic acids is 2. The number of aliphatic carboxylic acids is 2. The van der Waals surface area contributed by atoms with Crippen LogP contribution in [0.5, 0.6) is 0 Å². The molecule has 2 rings (SSSR count). The average molecular weight is 1280 g/mol. The molecule has 38 nitrogen and oxygen atoms in total. The molecule has 0 spiro atoms. The number of carboxylic acid groups (broad SMARTS) is 2. The van der Waals surface area contributed by atoms with E-state index in [2.05, 4.69) is 63.2 Å². The smallest absolute Gasteiger partial charge is 0.322 e. The number of hydrogen-bond acceptors (Lipinski definition) is 20. The van der Waals surface area contributed by atoms with Gasteiger partial charge >= 0.3 is 11.9 Å². The number of hydrogen-bond donors (Lipinski definition) is 20. The fourth-order valence-corrected chi connectivity index (χ4v) is 9.35. The number of carbonyl (C=O) groups is 14. The monoisotopic (exact) mass is 1280 g/mol. The van der Waals surface area contributed by atoms with Crippen molar-refractivity contribution in [1.29, 1.82) is 0 Å². The van der Waals surface area contributed by atoms with E-state index in [9.17, 15) is 87.5 Å². The molecule has 2 aliphatic rings. The van der Waals surface area contributed by atoms with Crippen molar-refractivity contribution in [3.63, 3.8) is 0 Å². The normalized spacial score (nSPS) is 18.0. The molecule has 0 aliphatic carbocycles. The molecule has 25 N–H and O–H groups in total. The highest BCUT2D eigenvalue weighted by atomic mass is 16.4. The number of nitrogens with zero attached hydrogens (tertiary/aromatic N) is 4. The van der Waals surface area contributed by atoms with Gasteiger partial charge in [-0.3, -0.25) is 77.1 Å². The van der Waals surface area contributed by atoms with Crippen LogP contribution in [0.15, 0.2) is 9.98 Å². The van der Waals surface area contributed by atoms with Gasteiger partial charge in [-0.15, -0.1) is 0 Å². The molecule has 0 radical (unpaired) electrons. The Kier molecular flexibility index (Phi) is 33.5. The van der Waals surface area contributed by atoms with Crippen molar-refractivity contribution in [1.82, 2.24) is 63.0 Å². The largest absolute Gasteiger partial charge is 0.481 e. The van der Waals surface area contributed by atoms with E-state index in [1.165, 1.54) is 0 Å². The molecule has 0 unspecified atom stereocenters. The molecule has 12 amide bonds. The predicted molar refractivity (Wildman–Crippen MR) is 315 cm³/mol. The quantitative estimate of drug-likeness (QED) is 0.0154. The van der Waals surface area contributed by atoms with E-state index in [-0.39, 0.29) is 101 Å². The standard InChI is InChI=1S/C52H89N19O19/c1-25(2)13-32(65-37(75)17-53)49(89)70-22-27(73)15-35(70)47(87)62-20-40(78)67-34(24-72)46(86)69-30(8-6-12-59-52(56)57)44(84)60-18-38(76)64-31(9-10-41(79)80)45(85)68-29(7-5-11-58-51(54)55)43(83)61-19-39(77)66-33(14-26(3)4)50(90)71-23-28(74)16-36(71)48(88)63-21-42(81)82/h25-36,72-74H,5-24,53H2,1-4H3,(H,60,84)(H,61,83)(H,62,87)(H,63,88)(H,64,76)(H,65,75)(H,66,77)(H,67,78)(H,68,85)(H,69,86)(H,79,80)(H,81,82)(H4,54,55,58)(H4,56,57,59)/t27-,28-,29+,30+,31+,32+,33+,34+,35+,36+/m1/s1. The van der Waals surface area contributed by atoms with Crippen LogP contribution in [0.2, 0.25) is 0 Å². The summed E-state index contributed by atoms with van der Waals surface area (Å²) in [6.45, 7) is 1.57. The van der Waals surface area contributed by atoms with Crippen LogP contribution < -0.4 is 81.8 Å². The summed E-state index contributed by atoms with van der Waals surface area (Å²) in [5, 5.41) is 72.8. The van der Waals surface area contributed by atoms with Crippen molar-refractivity contribution in [2.75, 3.05) is 65.5 Å². The summed E-state index contributed by atoms with van der Waals surface area (Å²) in [6.07, 6.45) is -4.23. The summed E-state index contributed by atoms with van der Waals surface area (Å²) < 4.78 is 0. The third-order valence-corrected chi connectivity index (χ3v) is 13.6. The lowest BCUT2D eigenvalue weighted by Gasteiger charge is -2.29. The molecule has 90 heavy (non-hydrogen) atoms. The Morgan fingerprint density at radius 2 is 0.844 bits per heavy atom. The minimum absolute atomic E-state index is 0.0176. The van der Waals surface area contributed by atoms with Crippen molar-refractivity contribution >= 4 is 94.7 Å². The molecule has 0 aromatic heterocycles. The van der Waals surface area contributed by atoms with Gasteiger partial charge in [0.25, 0.3) is 0 Å². The van der Waals surface area contributed by atoms with Crippen LogP contribution in [0.25, 0.3) is 0 Å². The second-order valence-electron chi connectivity index (χ2n) is 22.1. The highest BCUT2D eigenvalue weighted by molar-refractivity contribution is 5.98. The number of aliphatic imine (C=N–C) groups is 2. The first kappa shape index (κ1) is 77.1. The second kappa shape index (κ2) is 39.1. The number of nitrogens with two attached hydrogens (primary N) is 5. The zero-order valence-corrected chi connectivity index (χ0v) is 50.7. The summed E-state index contributed by atoms with van der Waals surface area (Å²) in [5.41, 5.74) is 27.1. The Balaban J connectivity index is 2.23. The Morgan fingerprint density at radius 1 is 0.478 bits per heavy atom. The minimum atomic E-state index is -1.76. The minimum Gasteiger partial charge on any atom is -0.481 e. The molecule has 506 valence electrons. The summed E-state index contributed by atoms with van der Waals surface area (Å²) in [6, 6.07) is -11.5. The highest BCUT2D eigenvalue weighted by Crippen LogP contribution is 2.23.